The summed E-state index contributed by atoms with van der Waals surface area (Å²) in [6.07, 6.45) is 3.62. The highest BCUT2D eigenvalue weighted by Gasteiger charge is 2.26. The number of benzene rings is 2. The van der Waals surface area contributed by atoms with Gasteiger partial charge < -0.3 is 14.2 Å². The largest absolute Gasteiger partial charge is 0.493 e. The first-order valence-electron chi connectivity index (χ1n) is 11.0. The lowest BCUT2D eigenvalue weighted by molar-refractivity contribution is -0.151. The Balaban J connectivity index is 1.90. The van der Waals surface area contributed by atoms with Crippen LogP contribution in [0.2, 0.25) is 10.0 Å². The molecule has 0 aliphatic heterocycles. The van der Waals surface area contributed by atoms with Crippen molar-refractivity contribution in [1.82, 2.24) is 4.98 Å². The number of esters is 1. The number of sulfone groups is 1. The van der Waals surface area contributed by atoms with Gasteiger partial charge >= 0.3 is 5.97 Å². The summed E-state index contributed by atoms with van der Waals surface area (Å²) in [6.45, 7) is 1.73. The van der Waals surface area contributed by atoms with Gasteiger partial charge in [-0.05, 0) is 41.3 Å². The number of carbonyl (C=O) groups is 1. The van der Waals surface area contributed by atoms with Gasteiger partial charge in [0.1, 0.15) is 6.10 Å². The molecule has 0 fully saturated rings. The first-order valence-corrected chi connectivity index (χ1v) is 13.8. The van der Waals surface area contributed by atoms with Gasteiger partial charge in [-0.25, -0.2) is 8.42 Å². The van der Waals surface area contributed by atoms with Crippen LogP contribution in [0.5, 0.6) is 11.5 Å². The minimum atomic E-state index is -3.16. The molecule has 1 aromatic heterocycles. The number of methoxy groups -OCH3 is 2. The van der Waals surface area contributed by atoms with Crippen LogP contribution in [-0.2, 0) is 31.5 Å². The number of rotatable bonds is 10. The molecule has 2 aromatic carbocycles. The van der Waals surface area contributed by atoms with Crippen molar-refractivity contribution in [2.75, 3.05) is 20.5 Å². The topological polar surface area (TPSA) is 91.8 Å². The Morgan fingerprint density at radius 3 is 2.08 bits per heavy atom. The summed E-state index contributed by atoms with van der Waals surface area (Å²) in [7, 11) is -0.0989. The first kappa shape index (κ1) is 27.8. The van der Waals surface area contributed by atoms with Crippen molar-refractivity contribution in [2.45, 2.75) is 31.1 Å². The van der Waals surface area contributed by atoms with Gasteiger partial charge in [-0.3, -0.25) is 9.78 Å². The molecule has 0 saturated carbocycles. The Bertz CT molecular complexity index is 1310. The third kappa shape index (κ3) is 7.12. The Labute approximate surface area is 221 Å². The van der Waals surface area contributed by atoms with E-state index in [1.807, 2.05) is 0 Å². The third-order valence-electron chi connectivity index (χ3n) is 5.64. The molecule has 36 heavy (non-hydrogen) atoms. The van der Waals surface area contributed by atoms with Crippen LogP contribution in [0, 0.1) is 0 Å². The van der Waals surface area contributed by atoms with E-state index in [1.54, 1.807) is 49.4 Å². The lowest BCUT2D eigenvalue weighted by Crippen LogP contribution is -2.19. The summed E-state index contributed by atoms with van der Waals surface area (Å²) in [6, 6.07) is 12.1. The maximum Gasteiger partial charge on any atom is 0.313 e. The molecule has 0 spiro atoms. The smallest absolute Gasteiger partial charge is 0.313 e. The van der Waals surface area contributed by atoms with Crippen molar-refractivity contribution >= 4 is 39.0 Å². The second-order valence-corrected chi connectivity index (χ2v) is 11.3. The molecule has 1 heterocycles. The van der Waals surface area contributed by atoms with E-state index in [9.17, 15) is 13.2 Å². The number of hydrogen-bond donors (Lipinski definition) is 0. The highest BCUT2D eigenvalue weighted by atomic mass is 35.5. The second kappa shape index (κ2) is 12.0. The maximum absolute atomic E-state index is 13.2. The lowest BCUT2D eigenvalue weighted by atomic mass is 9.98. The number of aromatic nitrogens is 1. The molecule has 0 bridgehead atoms. The normalized spacial score (nSPS) is 13.1. The van der Waals surface area contributed by atoms with Crippen LogP contribution in [-0.4, -0.2) is 39.8 Å². The van der Waals surface area contributed by atoms with Crippen molar-refractivity contribution in [2.24, 2.45) is 0 Å². The van der Waals surface area contributed by atoms with Crippen LogP contribution in [0.1, 0.15) is 41.2 Å². The SMILES string of the molecule is COc1ccc(C(Cc2c(Cl)cncc2Cl)OC(=O)C(C)c2ccc(CS(C)(=O)=O)cc2)cc1OC. The lowest BCUT2D eigenvalue weighted by Gasteiger charge is -2.23. The molecule has 3 rings (SSSR count). The third-order valence-corrected chi connectivity index (χ3v) is 7.15. The number of pyridine rings is 1. The van der Waals surface area contributed by atoms with Crippen molar-refractivity contribution in [1.29, 1.82) is 0 Å². The number of halogens is 2. The van der Waals surface area contributed by atoms with Crippen LogP contribution in [0.25, 0.3) is 0 Å². The molecule has 2 unspecified atom stereocenters. The number of nitrogens with zero attached hydrogens (tertiary/aromatic N) is 1. The molecular formula is C26H27Cl2NO6S. The summed E-state index contributed by atoms with van der Waals surface area (Å²) >= 11 is 12.7. The van der Waals surface area contributed by atoms with E-state index in [4.69, 9.17) is 37.4 Å². The standard InChI is InChI=1S/C26H27Cl2NO6S/c1-16(18-7-5-17(6-8-18)15-36(4,31)32)26(30)35-24(12-20-21(27)13-29-14-22(20)28)19-9-10-23(33-2)25(11-19)34-3/h5-11,13-14,16,24H,12,15H2,1-4H3. The molecule has 192 valence electrons. The van der Waals surface area contributed by atoms with Gasteiger partial charge in [0, 0.05) is 25.1 Å². The van der Waals surface area contributed by atoms with Gasteiger partial charge in [-0.1, -0.05) is 53.5 Å². The number of hydrogen-bond acceptors (Lipinski definition) is 7. The van der Waals surface area contributed by atoms with E-state index in [0.717, 1.165) is 0 Å². The van der Waals surface area contributed by atoms with Crippen LogP contribution >= 0.6 is 23.2 Å². The summed E-state index contributed by atoms with van der Waals surface area (Å²) < 4.78 is 39.8. The molecular weight excluding hydrogens is 525 g/mol. The molecule has 0 aliphatic rings. The maximum atomic E-state index is 13.2. The van der Waals surface area contributed by atoms with Crippen LogP contribution in [0.4, 0.5) is 0 Å². The fourth-order valence-corrected chi connectivity index (χ4v) is 5.00. The zero-order chi connectivity index (χ0) is 26.5. The van der Waals surface area contributed by atoms with Crippen molar-refractivity contribution in [3.8, 4) is 11.5 Å². The van der Waals surface area contributed by atoms with E-state index in [2.05, 4.69) is 4.98 Å². The van der Waals surface area contributed by atoms with E-state index < -0.39 is 27.8 Å². The van der Waals surface area contributed by atoms with E-state index in [0.29, 0.717) is 43.8 Å². The predicted molar refractivity (Wildman–Crippen MR) is 140 cm³/mol. The molecule has 7 nitrogen and oxygen atoms in total. The van der Waals surface area contributed by atoms with Crippen molar-refractivity contribution < 1.29 is 27.4 Å². The molecule has 10 heteroatoms. The zero-order valence-electron chi connectivity index (χ0n) is 20.3. The van der Waals surface area contributed by atoms with E-state index >= 15 is 0 Å². The van der Waals surface area contributed by atoms with E-state index in [1.165, 1.54) is 32.9 Å². The highest BCUT2D eigenvalue weighted by Crippen LogP contribution is 2.36. The van der Waals surface area contributed by atoms with Gasteiger partial charge in [-0.2, -0.15) is 0 Å². The number of ether oxygens (including phenoxy) is 3. The Morgan fingerprint density at radius 1 is 0.944 bits per heavy atom. The van der Waals surface area contributed by atoms with Crippen molar-refractivity contribution in [3.05, 3.63) is 87.2 Å². The fraction of sp³-hybridized carbons (Fsp3) is 0.308. The van der Waals surface area contributed by atoms with Gasteiger partial charge in [0.05, 0.1) is 35.9 Å². The summed E-state index contributed by atoms with van der Waals surface area (Å²) in [5.74, 6) is -0.123. The fourth-order valence-electron chi connectivity index (χ4n) is 3.68. The summed E-state index contributed by atoms with van der Waals surface area (Å²) in [5, 5.41) is 0.720. The van der Waals surface area contributed by atoms with Crippen molar-refractivity contribution in [3.63, 3.8) is 0 Å². The Kier molecular flexibility index (Phi) is 9.22. The predicted octanol–water partition coefficient (Wildman–Crippen LogP) is 5.58. The molecule has 2 atom stereocenters. The number of carbonyl (C=O) groups excluding carboxylic acids is 1. The quantitative estimate of drug-likeness (QED) is 0.303. The first-order chi connectivity index (χ1) is 17.0. The molecule has 0 saturated heterocycles. The Morgan fingerprint density at radius 2 is 1.53 bits per heavy atom. The summed E-state index contributed by atoms with van der Waals surface area (Å²) in [5.41, 5.74) is 2.61. The van der Waals surface area contributed by atoms with E-state index in [-0.39, 0.29) is 12.2 Å². The van der Waals surface area contributed by atoms with Gasteiger partial charge in [0.15, 0.2) is 21.3 Å². The van der Waals surface area contributed by atoms with Gasteiger partial charge in [-0.15, -0.1) is 0 Å². The summed E-state index contributed by atoms with van der Waals surface area (Å²) in [4.78, 5) is 17.2. The van der Waals surface area contributed by atoms with Gasteiger partial charge in [0.2, 0.25) is 0 Å². The van der Waals surface area contributed by atoms with Crippen LogP contribution in [0.15, 0.2) is 54.9 Å². The average molecular weight is 552 g/mol. The average Bonchev–Trinajstić information content (AvgIpc) is 2.84. The second-order valence-electron chi connectivity index (χ2n) is 8.36. The van der Waals surface area contributed by atoms with Gasteiger partial charge in [0.25, 0.3) is 0 Å². The molecule has 0 radical (unpaired) electrons. The molecule has 3 aromatic rings. The highest BCUT2D eigenvalue weighted by molar-refractivity contribution is 7.89. The van der Waals surface area contributed by atoms with Crippen LogP contribution in [0.3, 0.4) is 0 Å². The Hall–Kier alpha value is -2.81. The van der Waals surface area contributed by atoms with Crippen LogP contribution < -0.4 is 9.47 Å². The molecule has 0 amide bonds. The molecule has 0 aliphatic carbocycles. The monoisotopic (exact) mass is 551 g/mol. The zero-order valence-corrected chi connectivity index (χ0v) is 22.7. The minimum Gasteiger partial charge on any atom is -0.493 e. The molecule has 0 N–H and O–H groups in total. The minimum absolute atomic E-state index is 0.0685.